The zero-order chi connectivity index (χ0) is 19.6. The highest BCUT2D eigenvalue weighted by atomic mass is 16.4. The summed E-state index contributed by atoms with van der Waals surface area (Å²) in [7, 11) is 0. The molecule has 0 bridgehead atoms. The van der Waals surface area contributed by atoms with Crippen molar-refractivity contribution in [2.75, 3.05) is 0 Å². The summed E-state index contributed by atoms with van der Waals surface area (Å²) >= 11 is 0. The number of amides is 2. The normalized spacial score (nSPS) is 11.7. The Morgan fingerprint density at radius 3 is 2.30 bits per heavy atom. The molecule has 0 fully saturated rings. The number of carboxylic acid groups (broad SMARTS) is 1. The van der Waals surface area contributed by atoms with E-state index in [-0.39, 0.29) is 11.8 Å². The van der Waals surface area contributed by atoms with Gasteiger partial charge < -0.3 is 15.7 Å². The lowest BCUT2D eigenvalue weighted by Gasteiger charge is -2.17. The van der Waals surface area contributed by atoms with Crippen LogP contribution in [0, 0.1) is 0 Å². The SMILES string of the molecule is CCC(NC(=O)c1ccc(/C=C/C(=O)O)cc1)C(=O)NCc1ccccc1. The molecule has 2 rings (SSSR count). The number of carboxylic acids is 1. The summed E-state index contributed by atoms with van der Waals surface area (Å²) < 4.78 is 0. The number of hydrogen-bond acceptors (Lipinski definition) is 3. The molecule has 0 spiro atoms. The average Bonchev–Trinajstić information content (AvgIpc) is 2.69. The number of nitrogens with one attached hydrogen (secondary N) is 2. The second-order valence-corrected chi connectivity index (χ2v) is 5.93. The van der Waals surface area contributed by atoms with E-state index in [1.54, 1.807) is 24.3 Å². The third kappa shape index (κ3) is 6.43. The Kier molecular flexibility index (Phi) is 7.31. The highest BCUT2D eigenvalue weighted by Crippen LogP contribution is 2.07. The molecule has 0 saturated heterocycles. The smallest absolute Gasteiger partial charge is 0.328 e. The van der Waals surface area contributed by atoms with E-state index in [0.717, 1.165) is 11.6 Å². The Hall–Kier alpha value is -3.41. The molecule has 2 aromatic carbocycles. The van der Waals surface area contributed by atoms with Gasteiger partial charge >= 0.3 is 5.97 Å². The first-order valence-electron chi connectivity index (χ1n) is 8.63. The third-order valence-corrected chi connectivity index (χ3v) is 3.93. The van der Waals surface area contributed by atoms with E-state index < -0.39 is 12.0 Å². The second kappa shape index (κ2) is 9.91. The molecular weight excluding hydrogens is 344 g/mol. The minimum absolute atomic E-state index is 0.240. The van der Waals surface area contributed by atoms with Crippen LogP contribution >= 0.6 is 0 Å². The molecule has 27 heavy (non-hydrogen) atoms. The van der Waals surface area contributed by atoms with Gasteiger partial charge in [-0.3, -0.25) is 9.59 Å². The predicted molar refractivity (Wildman–Crippen MR) is 103 cm³/mol. The van der Waals surface area contributed by atoms with Gasteiger partial charge in [-0.15, -0.1) is 0 Å². The number of rotatable bonds is 8. The largest absolute Gasteiger partial charge is 0.478 e. The first-order chi connectivity index (χ1) is 13.0. The Morgan fingerprint density at radius 2 is 1.70 bits per heavy atom. The highest BCUT2D eigenvalue weighted by Gasteiger charge is 2.19. The molecule has 2 amide bonds. The zero-order valence-electron chi connectivity index (χ0n) is 15.0. The van der Waals surface area contributed by atoms with Gasteiger partial charge in [0.1, 0.15) is 6.04 Å². The first kappa shape index (κ1) is 19.9. The fourth-order valence-corrected chi connectivity index (χ4v) is 2.42. The van der Waals surface area contributed by atoms with Gasteiger partial charge in [0.15, 0.2) is 0 Å². The summed E-state index contributed by atoms with van der Waals surface area (Å²) in [4.78, 5) is 35.2. The summed E-state index contributed by atoms with van der Waals surface area (Å²) in [6, 6.07) is 15.4. The van der Waals surface area contributed by atoms with Gasteiger partial charge in [-0.25, -0.2) is 4.79 Å². The van der Waals surface area contributed by atoms with E-state index in [4.69, 9.17) is 5.11 Å². The van der Waals surface area contributed by atoms with Crippen LogP contribution in [-0.2, 0) is 16.1 Å². The van der Waals surface area contributed by atoms with E-state index in [1.807, 2.05) is 37.3 Å². The van der Waals surface area contributed by atoms with Crippen molar-refractivity contribution in [3.05, 3.63) is 77.4 Å². The molecule has 0 aliphatic carbocycles. The van der Waals surface area contributed by atoms with Gasteiger partial charge in [0.25, 0.3) is 5.91 Å². The average molecular weight is 366 g/mol. The molecule has 0 aliphatic heterocycles. The van der Waals surface area contributed by atoms with Crippen LogP contribution in [0.3, 0.4) is 0 Å². The molecule has 140 valence electrons. The maximum atomic E-state index is 12.4. The van der Waals surface area contributed by atoms with E-state index >= 15 is 0 Å². The summed E-state index contributed by atoms with van der Waals surface area (Å²) in [5.41, 5.74) is 2.05. The van der Waals surface area contributed by atoms with Crippen molar-refractivity contribution in [2.24, 2.45) is 0 Å². The first-order valence-corrected chi connectivity index (χ1v) is 8.63. The van der Waals surface area contributed by atoms with Crippen molar-refractivity contribution in [1.82, 2.24) is 10.6 Å². The fraction of sp³-hybridized carbons (Fsp3) is 0.190. The lowest BCUT2D eigenvalue weighted by molar-refractivity contribution is -0.131. The summed E-state index contributed by atoms with van der Waals surface area (Å²) in [6.45, 7) is 2.23. The van der Waals surface area contributed by atoms with Gasteiger partial charge in [-0.05, 0) is 35.8 Å². The molecule has 0 aromatic heterocycles. The molecule has 6 nitrogen and oxygen atoms in total. The van der Waals surface area contributed by atoms with Crippen LogP contribution in [0.4, 0.5) is 0 Å². The molecule has 2 aromatic rings. The molecule has 0 aliphatic rings. The Bertz CT molecular complexity index is 814. The second-order valence-electron chi connectivity index (χ2n) is 5.93. The monoisotopic (exact) mass is 366 g/mol. The van der Waals surface area contributed by atoms with Crippen molar-refractivity contribution in [3.8, 4) is 0 Å². The third-order valence-electron chi connectivity index (χ3n) is 3.93. The Balaban J connectivity index is 1.93. The van der Waals surface area contributed by atoms with E-state index in [9.17, 15) is 14.4 Å². The topological polar surface area (TPSA) is 95.5 Å². The lowest BCUT2D eigenvalue weighted by atomic mass is 10.1. The molecule has 0 heterocycles. The number of carbonyl (C=O) groups excluding carboxylic acids is 2. The summed E-state index contributed by atoms with van der Waals surface area (Å²) in [5, 5.41) is 14.2. The van der Waals surface area contributed by atoms with Crippen molar-refractivity contribution < 1.29 is 19.5 Å². The summed E-state index contributed by atoms with van der Waals surface area (Å²) in [5.74, 6) is -1.63. The lowest BCUT2D eigenvalue weighted by Crippen LogP contribution is -2.46. The maximum Gasteiger partial charge on any atom is 0.328 e. The van der Waals surface area contributed by atoms with Crippen LogP contribution in [0.2, 0.25) is 0 Å². The van der Waals surface area contributed by atoms with Crippen LogP contribution in [0.5, 0.6) is 0 Å². The van der Waals surface area contributed by atoms with E-state index in [2.05, 4.69) is 10.6 Å². The number of aliphatic carboxylic acids is 1. The van der Waals surface area contributed by atoms with Gasteiger partial charge in [-0.2, -0.15) is 0 Å². The van der Waals surface area contributed by atoms with Crippen molar-refractivity contribution in [1.29, 1.82) is 0 Å². The summed E-state index contributed by atoms with van der Waals surface area (Å²) in [6.07, 6.45) is 2.93. The van der Waals surface area contributed by atoms with Crippen LogP contribution in [0.25, 0.3) is 6.08 Å². The molecule has 3 N–H and O–H groups in total. The molecular formula is C21H22N2O4. The highest BCUT2D eigenvalue weighted by molar-refractivity contribution is 5.97. The Labute approximate surface area is 157 Å². The molecule has 0 radical (unpaired) electrons. The van der Waals surface area contributed by atoms with E-state index in [1.165, 1.54) is 6.08 Å². The molecule has 1 unspecified atom stereocenters. The molecule has 1 atom stereocenters. The number of carbonyl (C=O) groups is 3. The predicted octanol–water partition coefficient (Wildman–Crippen LogP) is 2.61. The van der Waals surface area contributed by atoms with Gasteiger partial charge in [-0.1, -0.05) is 49.4 Å². The Morgan fingerprint density at radius 1 is 1.04 bits per heavy atom. The van der Waals surface area contributed by atoms with Crippen molar-refractivity contribution >= 4 is 23.9 Å². The van der Waals surface area contributed by atoms with Gasteiger partial charge in [0.2, 0.25) is 5.91 Å². The van der Waals surface area contributed by atoms with Crippen LogP contribution in [0.1, 0.15) is 34.8 Å². The van der Waals surface area contributed by atoms with Gasteiger partial charge in [0.05, 0.1) is 0 Å². The van der Waals surface area contributed by atoms with Crippen LogP contribution in [-0.4, -0.2) is 28.9 Å². The van der Waals surface area contributed by atoms with Crippen LogP contribution < -0.4 is 10.6 Å². The molecule has 6 heteroatoms. The fourth-order valence-electron chi connectivity index (χ4n) is 2.42. The number of hydrogen-bond donors (Lipinski definition) is 3. The van der Waals surface area contributed by atoms with E-state index in [0.29, 0.717) is 24.1 Å². The number of benzene rings is 2. The van der Waals surface area contributed by atoms with Gasteiger partial charge in [0, 0.05) is 18.2 Å². The van der Waals surface area contributed by atoms with Crippen LogP contribution in [0.15, 0.2) is 60.7 Å². The standard InChI is InChI=1S/C21H22N2O4/c1-2-18(21(27)22-14-16-6-4-3-5-7-16)23-20(26)17-11-8-15(9-12-17)10-13-19(24)25/h3-13,18H,2,14H2,1H3,(H,22,27)(H,23,26)(H,24,25)/b13-10+. The van der Waals surface area contributed by atoms with Crippen molar-refractivity contribution in [2.45, 2.75) is 25.9 Å². The maximum absolute atomic E-state index is 12.4. The quantitative estimate of drug-likeness (QED) is 0.626. The zero-order valence-corrected chi connectivity index (χ0v) is 15.0. The minimum Gasteiger partial charge on any atom is -0.478 e. The van der Waals surface area contributed by atoms with Crippen molar-refractivity contribution in [3.63, 3.8) is 0 Å². The minimum atomic E-state index is -1.04. The molecule has 0 saturated carbocycles.